The van der Waals surface area contributed by atoms with E-state index in [9.17, 15) is 4.39 Å². The molecule has 6 nitrogen and oxygen atoms in total. The van der Waals surface area contributed by atoms with E-state index in [0.29, 0.717) is 23.7 Å². The lowest BCUT2D eigenvalue weighted by Gasteiger charge is -2.16. The lowest BCUT2D eigenvalue weighted by Crippen LogP contribution is -2.19. The summed E-state index contributed by atoms with van der Waals surface area (Å²) in [7, 11) is 0. The third-order valence-electron chi connectivity index (χ3n) is 3.40. The fourth-order valence-electron chi connectivity index (χ4n) is 2.36. The van der Waals surface area contributed by atoms with Crippen molar-refractivity contribution >= 4 is 5.69 Å². The van der Waals surface area contributed by atoms with E-state index in [4.69, 9.17) is 10.5 Å². The summed E-state index contributed by atoms with van der Waals surface area (Å²) < 4.78 is 20.5. The molecule has 0 saturated carbocycles. The fourth-order valence-corrected chi connectivity index (χ4v) is 2.36. The third kappa shape index (κ3) is 2.06. The van der Waals surface area contributed by atoms with Gasteiger partial charge in [-0.05, 0) is 42.0 Å². The first-order chi connectivity index (χ1) is 9.16. The van der Waals surface area contributed by atoms with Crippen LogP contribution in [0.25, 0.3) is 11.4 Å². The van der Waals surface area contributed by atoms with Gasteiger partial charge in [0.15, 0.2) is 5.82 Å². The van der Waals surface area contributed by atoms with Crippen molar-refractivity contribution in [3.8, 4) is 11.4 Å². The second kappa shape index (κ2) is 4.58. The molecule has 1 aromatic carbocycles. The standard InChI is InChI=1S/C12H14FN5O/c1-7-11(4-5-19-7)18-12(15-16-17-18)9-6-8(13)2-3-10(9)14/h2-3,6-7,11H,4-5,14H2,1H3. The molecular weight excluding hydrogens is 249 g/mol. The van der Waals surface area contributed by atoms with E-state index in [2.05, 4.69) is 15.5 Å². The van der Waals surface area contributed by atoms with Gasteiger partial charge in [0, 0.05) is 17.9 Å². The zero-order chi connectivity index (χ0) is 13.4. The Labute approximate surface area is 109 Å². The minimum Gasteiger partial charge on any atom is -0.398 e. The first-order valence-corrected chi connectivity index (χ1v) is 6.11. The van der Waals surface area contributed by atoms with Crippen molar-refractivity contribution in [3.63, 3.8) is 0 Å². The molecule has 1 aromatic heterocycles. The summed E-state index contributed by atoms with van der Waals surface area (Å²) in [5.41, 5.74) is 6.83. The molecule has 0 amide bonds. The van der Waals surface area contributed by atoms with Crippen LogP contribution in [0, 0.1) is 5.82 Å². The molecule has 3 rings (SSSR count). The molecule has 1 aliphatic rings. The van der Waals surface area contributed by atoms with Gasteiger partial charge in [-0.2, -0.15) is 0 Å². The summed E-state index contributed by atoms with van der Waals surface area (Å²) in [5.74, 6) is 0.105. The van der Waals surface area contributed by atoms with Gasteiger partial charge in [-0.1, -0.05) is 0 Å². The second-order valence-corrected chi connectivity index (χ2v) is 4.61. The molecule has 0 aliphatic carbocycles. The van der Waals surface area contributed by atoms with Crippen LogP contribution in [-0.4, -0.2) is 32.9 Å². The molecule has 7 heteroatoms. The van der Waals surface area contributed by atoms with Crippen LogP contribution in [0.1, 0.15) is 19.4 Å². The molecule has 100 valence electrons. The van der Waals surface area contributed by atoms with E-state index in [1.807, 2.05) is 6.92 Å². The lowest BCUT2D eigenvalue weighted by atomic mass is 10.1. The Balaban J connectivity index is 2.06. The first-order valence-electron chi connectivity index (χ1n) is 6.11. The third-order valence-corrected chi connectivity index (χ3v) is 3.40. The maximum atomic E-state index is 13.4. The van der Waals surface area contributed by atoms with E-state index >= 15 is 0 Å². The van der Waals surface area contributed by atoms with Gasteiger partial charge in [-0.3, -0.25) is 0 Å². The Morgan fingerprint density at radius 2 is 2.32 bits per heavy atom. The number of hydrogen-bond acceptors (Lipinski definition) is 5. The molecule has 2 aromatic rings. The van der Waals surface area contributed by atoms with Gasteiger partial charge in [0.2, 0.25) is 0 Å². The predicted molar refractivity (Wildman–Crippen MR) is 66.7 cm³/mol. The Morgan fingerprint density at radius 1 is 1.47 bits per heavy atom. The van der Waals surface area contributed by atoms with Gasteiger partial charge >= 0.3 is 0 Å². The smallest absolute Gasteiger partial charge is 0.184 e. The zero-order valence-corrected chi connectivity index (χ0v) is 10.5. The zero-order valence-electron chi connectivity index (χ0n) is 10.5. The van der Waals surface area contributed by atoms with Crippen molar-refractivity contribution in [2.45, 2.75) is 25.5 Å². The van der Waals surface area contributed by atoms with Crippen LogP contribution in [0.4, 0.5) is 10.1 Å². The maximum Gasteiger partial charge on any atom is 0.184 e. The summed E-state index contributed by atoms with van der Waals surface area (Å²) >= 11 is 0. The number of hydrogen-bond donors (Lipinski definition) is 1. The number of rotatable bonds is 2. The summed E-state index contributed by atoms with van der Waals surface area (Å²) in [5, 5.41) is 11.6. The number of benzene rings is 1. The van der Waals surface area contributed by atoms with Crippen molar-refractivity contribution < 1.29 is 9.13 Å². The average molecular weight is 263 g/mol. The number of nitrogens with two attached hydrogens (primary N) is 1. The highest BCUT2D eigenvalue weighted by Crippen LogP contribution is 2.31. The topological polar surface area (TPSA) is 78.8 Å². The van der Waals surface area contributed by atoms with Gasteiger partial charge in [-0.15, -0.1) is 5.10 Å². The van der Waals surface area contributed by atoms with Crippen LogP contribution in [0.5, 0.6) is 0 Å². The molecule has 1 fully saturated rings. The van der Waals surface area contributed by atoms with Crippen molar-refractivity contribution in [2.24, 2.45) is 0 Å². The summed E-state index contributed by atoms with van der Waals surface area (Å²) in [6, 6.07) is 4.22. The molecule has 19 heavy (non-hydrogen) atoms. The number of nitrogen functional groups attached to an aromatic ring is 1. The van der Waals surface area contributed by atoms with Gasteiger partial charge in [0.05, 0.1) is 12.1 Å². The normalized spacial score (nSPS) is 22.8. The van der Waals surface area contributed by atoms with E-state index in [1.54, 1.807) is 4.68 Å². The highest BCUT2D eigenvalue weighted by Gasteiger charge is 2.30. The van der Waals surface area contributed by atoms with Crippen molar-refractivity contribution in [3.05, 3.63) is 24.0 Å². The average Bonchev–Trinajstić information content (AvgIpc) is 3.00. The SMILES string of the molecule is CC1OCCC1n1nnnc1-c1cc(F)ccc1N. The fraction of sp³-hybridized carbons (Fsp3) is 0.417. The maximum absolute atomic E-state index is 13.4. The molecule has 2 N–H and O–H groups in total. The minimum absolute atomic E-state index is 0.0250. The molecule has 0 spiro atoms. The van der Waals surface area contributed by atoms with Crippen LogP contribution >= 0.6 is 0 Å². The van der Waals surface area contributed by atoms with E-state index in [1.165, 1.54) is 18.2 Å². The minimum atomic E-state index is -0.366. The number of ether oxygens (including phenoxy) is 1. The van der Waals surface area contributed by atoms with Crippen molar-refractivity contribution in [1.29, 1.82) is 0 Å². The molecule has 2 atom stereocenters. The van der Waals surface area contributed by atoms with Gasteiger partial charge in [0.25, 0.3) is 0 Å². The number of tetrazole rings is 1. The Hall–Kier alpha value is -2.02. The molecule has 1 aliphatic heterocycles. The second-order valence-electron chi connectivity index (χ2n) is 4.61. The van der Waals surface area contributed by atoms with Crippen LogP contribution in [0.3, 0.4) is 0 Å². The summed E-state index contributed by atoms with van der Waals surface area (Å²) in [6.45, 7) is 2.64. The Bertz CT molecular complexity index is 600. The Morgan fingerprint density at radius 3 is 3.05 bits per heavy atom. The number of anilines is 1. The summed E-state index contributed by atoms with van der Waals surface area (Å²) in [6.07, 6.45) is 0.853. The summed E-state index contributed by atoms with van der Waals surface area (Å²) in [4.78, 5) is 0. The van der Waals surface area contributed by atoms with Crippen LogP contribution < -0.4 is 5.73 Å². The highest BCUT2D eigenvalue weighted by atomic mass is 19.1. The molecule has 0 bridgehead atoms. The molecule has 0 radical (unpaired) electrons. The van der Waals surface area contributed by atoms with Crippen molar-refractivity contribution in [1.82, 2.24) is 20.2 Å². The quantitative estimate of drug-likeness (QED) is 0.829. The highest BCUT2D eigenvalue weighted by molar-refractivity contribution is 5.71. The van der Waals surface area contributed by atoms with Crippen LogP contribution in [0.2, 0.25) is 0 Å². The van der Waals surface area contributed by atoms with E-state index in [0.717, 1.165) is 6.42 Å². The Kier molecular flexibility index (Phi) is 2.90. The molecule has 2 unspecified atom stereocenters. The van der Waals surface area contributed by atoms with Gasteiger partial charge in [0.1, 0.15) is 5.82 Å². The lowest BCUT2D eigenvalue weighted by molar-refractivity contribution is 0.105. The number of nitrogens with zero attached hydrogens (tertiary/aromatic N) is 4. The van der Waals surface area contributed by atoms with Gasteiger partial charge in [-0.25, -0.2) is 9.07 Å². The van der Waals surface area contributed by atoms with Crippen molar-refractivity contribution in [2.75, 3.05) is 12.3 Å². The van der Waals surface area contributed by atoms with E-state index < -0.39 is 0 Å². The molecule has 1 saturated heterocycles. The van der Waals surface area contributed by atoms with Gasteiger partial charge < -0.3 is 10.5 Å². The number of halogens is 1. The predicted octanol–water partition coefficient (Wildman–Crippen LogP) is 1.41. The largest absolute Gasteiger partial charge is 0.398 e. The molecular formula is C12H14FN5O. The van der Waals surface area contributed by atoms with E-state index in [-0.39, 0.29) is 18.0 Å². The van der Waals surface area contributed by atoms with Crippen LogP contribution in [-0.2, 0) is 4.74 Å². The monoisotopic (exact) mass is 263 g/mol. The first kappa shape index (κ1) is 12.0. The molecule has 2 heterocycles. The number of aromatic nitrogens is 4. The van der Waals surface area contributed by atoms with Crippen LogP contribution in [0.15, 0.2) is 18.2 Å².